The molecule has 0 unspecified atom stereocenters. The van der Waals surface area contributed by atoms with Gasteiger partial charge in [0.25, 0.3) is 5.69 Å². The molecule has 16 heteroatoms. The van der Waals surface area contributed by atoms with Crippen LogP contribution in [0.15, 0.2) is 72.8 Å². The fraction of sp³-hybridized carbons (Fsp3) is 0.432. The van der Waals surface area contributed by atoms with Crippen LogP contribution in [0.3, 0.4) is 0 Å². The Balaban J connectivity index is 0.000000198. The summed E-state index contributed by atoms with van der Waals surface area (Å²) in [4.78, 5) is 56.6. The molecule has 286 valence electrons. The van der Waals surface area contributed by atoms with Gasteiger partial charge in [0.05, 0.1) is 21.2 Å². The van der Waals surface area contributed by atoms with Crippen LogP contribution in [-0.4, -0.2) is 53.7 Å². The number of para-hydroxylation sites is 5. The van der Waals surface area contributed by atoms with Gasteiger partial charge in [0.2, 0.25) is 23.5 Å². The van der Waals surface area contributed by atoms with Gasteiger partial charge in [-0.2, -0.15) is 4.39 Å². The van der Waals surface area contributed by atoms with Gasteiger partial charge in [-0.25, -0.2) is 0 Å². The molecule has 1 aliphatic carbocycles. The van der Waals surface area contributed by atoms with Crippen molar-refractivity contribution < 1.29 is 28.6 Å². The number of carbonyl (C=O) groups excluding carboxylic acids is 3. The minimum Gasteiger partial charge on any atom is -0.397 e. The Kier molecular flexibility index (Phi) is 16.4. The number of halogens is 1. The van der Waals surface area contributed by atoms with E-state index in [4.69, 9.17) is 22.9 Å². The van der Waals surface area contributed by atoms with Crippen LogP contribution in [-0.2, 0) is 14.4 Å². The summed E-state index contributed by atoms with van der Waals surface area (Å²) in [5.41, 5.74) is 23.7. The zero-order chi connectivity index (χ0) is 38.9. The zero-order valence-corrected chi connectivity index (χ0v) is 29.7. The highest BCUT2D eigenvalue weighted by atomic mass is 19.1. The van der Waals surface area contributed by atoms with Crippen LogP contribution in [0.2, 0.25) is 0 Å². The number of carbonyl (C=O) groups is 3. The van der Waals surface area contributed by atoms with Crippen molar-refractivity contribution in [1.82, 2.24) is 0 Å². The molecule has 3 aliphatic rings. The summed E-state index contributed by atoms with van der Waals surface area (Å²) in [6.07, 6.45) is 8.66. The zero-order valence-electron chi connectivity index (χ0n) is 29.7. The molecule has 3 aromatic rings. The summed E-state index contributed by atoms with van der Waals surface area (Å²) < 4.78 is 12.4. The average molecular weight is 737 g/mol. The van der Waals surface area contributed by atoms with E-state index in [9.17, 15) is 39.0 Å². The van der Waals surface area contributed by atoms with Crippen molar-refractivity contribution in [2.45, 2.75) is 57.8 Å². The Morgan fingerprint density at radius 1 is 0.566 bits per heavy atom. The summed E-state index contributed by atoms with van der Waals surface area (Å²) in [5, 5.41) is 20.9. The third kappa shape index (κ3) is 13.0. The number of nitro groups is 2. The summed E-state index contributed by atoms with van der Waals surface area (Å²) in [7, 11) is 0. The lowest BCUT2D eigenvalue weighted by Gasteiger charge is -2.33. The fourth-order valence-electron chi connectivity index (χ4n) is 6.46. The molecule has 0 spiro atoms. The van der Waals surface area contributed by atoms with Crippen LogP contribution >= 0.6 is 0 Å². The van der Waals surface area contributed by atoms with Crippen LogP contribution in [0, 0.1) is 43.8 Å². The van der Waals surface area contributed by atoms with Gasteiger partial charge in [-0.05, 0) is 62.8 Å². The molecule has 15 nitrogen and oxygen atoms in total. The van der Waals surface area contributed by atoms with Crippen LogP contribution < -0.4 is 32.7 Å². The number of benzene rings is 3. The van der Waals surface area contributed by atoms with Gasteiger partial charge in [0, 0.05) is 56.1 Å². The Hall–Kier alpha value is -5.80. The molecule has 3 amide bonds. The van der Waals surface area contributed by atoms with E-state index in [-0.39, 0.29) is 46.1 Å². The first-order valence-electron chi connectivity index (χ1n) is 17.6. The molecule has 2 saturated heterocycles. The Morgan fingerprint density at radius 3 is 1.34 bits per heavy atom. The molecule has 0 aromatic heterocycles. The lowest BCUT2D eigenvalue weighted by molar-refractivity contribution is -0.387. The lowest BCUT2D eigenvalue weighted by Crippen LogP contribution is -2.38. The number of amides is 3. The summed E-state index contributed by atoms with van der Waals surface area (Å²) in [6, 6.07) is 19.5. The molecule has 0 radical (unpaired) electrons. The highest BCUT2D eigenvalue weighted by Crippen LogP contribution is 2.31. The second-order valence-electron chi connectivity index (χ2n) is 13.1. The quantitative estimate of drug-likeness (QED) is 0.143. The molecule has 8 N–H and O–H groups in total. The summed E-state index contributed by atoms with van der Waals surface area (Å²) >= 11 is 0. The number of rotatable bonds is 7. The van der Waals surface area contributed by atoms with Gasteiger partial charge in [-0.3, -0.25) is 34.6 Å². The van der Waals surface area contributed by atoms with Crippen molar-refractivity contribution >= 4 is 46.2 Å². The van der Waals surface area contributed by atoms with Gasteiger partial charge in [0.15, 0.2) is 0 Å². The van der Waals surface area contributed by atoms with E-state index in [1.807, 2.05) is 29.2 Å². The van der Waals surface area contributed by atoms with E-state index < -0.39 is 16.4 Å². The van der Waals surface area contributed by atoms with Gasteiger partial charge >= 0.3 is 5.69 Å². The van der Waals surface area contributed by atoms with Gasteiger partial charge in [-0.15, -0.1) is 0 Å². The SMILES string of the molecule is NC(=O)C1CCCCC1.NC(=O)C1CCN(c2ccccc2N)CC1.NC(=O)C1CCN(c2ccccc2[N+](=O)[O-])CC1.O=[N+]([O-])c1ccccc1F. The predicted octanol–water partition coefficient (Wildman–Crippen LogP) is 5.05. The number of nitro benzene ring substituents is 2. The minimum atomic E-state index is -0.799. The first kappa shape index (κ1) is 41.6. The smallest absolute Gasteiger partial charge is 0.304 e. The molecular formula is C37H49FN8O7. The third-order valence-corrected chi connectivity index (χ3v) is 9.55. The lowest BCUT2D eigenvalue weighted by atomic mass is 9.89. The number of hydrogen-bond acceptors (Lipinski definition) is 10. The van der Waals surface area contributed by atoms with Crippen LogP contribution in [0.4, 0.5) is 32.8 Å². The molecule has 2 aliphatic heterocycles. The van der Waals surface area contributed by atoms with Crippen molar-refractivity contribution in [3.63, 3.8) is 0 Å². The minimum absolute atomic E-state index is 0.0289. The molecule has 1 saturated carbocycles. The fourth-order valence-corrected chi connectivity index (χ4v) is 6.46. The van der Waals surface area contributed by atoms with Crippen molar-refractivity contribution in [1.29, 1.82) is 0 Å². The monoisotopic (exact) mass is 736 g/mol. The second kappa shape index (κ2) is 20.9. The molecule has 0 atom stereocenters. The first-order valence-corrected chi connectivity index (χ1v) is 17.6. The molecule has 0 bridgehead atoms. The topological polar surface area (TPSA) is 248 Å². The van der Waals surface area contributed by atoms with Crippen molar-refractivity contribution in [2.75, 3.05) is 41.7 Å². The molecule has 6 rings (SSSR count). The number of piperidine rings is 2. The van der Waals surface area contributed by atoms with E-state index in [2.05, 4.69) is 4.90 Å². The normalized spacial score (nSPS) is 16.3. The number of anilines is 3. The van der Waals surface area contributed by atoms with Crippen LogP contribution in [0.25, 0.3) is 0 Å². The van der Waals surface area contributed by atoms with Gasteiger partial charge < -0.3 is 32.7 Å². The highest BCUT2D eigenvalue weighted by Gasteiger charge is 2.27. The highest BCUT2D eigenvalue weighted by molar-refractivity contribution is 5.78. The molecule has 2 heterocycles. The first-order chi connectivity index (χ1) is 25.3. The number of hydrogen-bond donors (Lipinski definition) is 4. The molecule has 3 aromatic carbocycles. The van der Waals surface area contributed by atoms with E-state index in [0.29, 0.717) is 31.6 Å². The van der Waals surface area contributed by atoms with E-state index in [0.717, 1.165) is 62.3 Å². The number of primary amides is 3. The Morgan fingerprint density at radius 2 is 0.943 bits per heavy atom. The Bertz CT molecular complexity index is 1690. The molecule has 53 heavy (non-hydrogen) atoms. The van der Waals surface area contributed by atoms with Gasteiger partial charge in [-0.1, -0.05) is 55.7 Å². The maximum Gasteiger partial charge on any atom is 0.304 e. The van der Waals surface area contributed by atoms with E-state index in [1.165, 1.54) is 37.5 Å². The predicted molar refractivity (Wildman–Crippen MR) is 201 cm³/mol. The number of nitrogens with zero attached hydrogens (tertiary/aromatic N) is 4. The van der Waals surface area contributed by atoms with Crippen molar-refractivity contribution in [3.05, 3.63) is 98.8 Å². The van der Waals surface area contributed by atoms with Crippen LogP contribution in [0.1, 0.15) is 57.8 Å². The standard InChI is InChI=1S/C12H15N3O3.C12H17N3O.C7H13NO.C6H4FNO2/c13-12(16)9-5-7-14(8-6-9)10-3-1-2-4-11(10)15(17)18;13-10-3-1-2-4-11(10)15-7-5-9(6-8-15)12(14)16;8-7(9)6-4-2-1-3-5-6;7-5-3-1-2-4-6(5)8(9)10/h1-4,9H,5-8H2,(H2,13,16);1-4,9H,5-8,13H2,(H2,14,16);6H,1-5H2,(H2,8,9);1-4H. The third-order valence-electron chi connectivity index (χ3n) is 9.55. The average Bonchev–Trinajstić information content (AvgIpc) is 3.16. The van der Waals surface area contributed by atoms with Crippen molar-refractivity contribution in [3.8, 4) is 0 Å². The maximum atomic E-state index is 12.4. The van der Waals surface area contributed by atoms with Crippen LogP contribution in [0.5, 0.6) is 0 Å². The molecular weight excluding hydrogens is 687 g/mol. The van der Waals surface area contributed by atoms with Gasteiger partial charge in [0.1, 0.15) is 5.69 Å². The van der Waals surface area contributed by atoms with E-state index >= 15 is 0 Å². The largest absolute Gasteiger partial charge is 0.397 e. The number of nitrogens with two attached hydrogens (primary N) is 4. The maximum absolute atomic E-state index is 12.4. The summed E-state index contributed by atoms with van der Waals surface area (Å²) in [6.45, 7) is 2.94. The van der Waals surface area contributed by atoms with Crippen molar-refractivity contribution in [2.24, 2.45) is 35.0 Å². The number of nitrogen functional groups attached to an aromatic ring is 1. The summed E-state index contributed by atoms with van der Waals surface area (Å²) in [5.74, 6) is -1.25. The molecule has 3 fully saturated rings. The second-order valence-corrected chi connectivity index (χ2v) is 13.1. The Labute approximate surface area is 307 Å². The van der Waals surface area contributed by atoms with E-state index in [1.54, 1.807) is 18.2 Å².